The topological polar surface area (TPSA) is 82.8 Å². The first-order valence-electron chi connectivity index (χ1n) is 7.62. The molecule has 0 aliphatic carbocycles. The molecule has 0 saturated heterocycles. The molecule has 0 bridgehead atoms. The molecule has 2 rings (SSSR count). The van der Waals surface area contributed by atoms with Crippen LogP contribution in [0.2, 0.25) is 5.02 Å². The molecule has 0 aromatic heterocycles. The molecule has 134 valence electrons. The van der Waals surface area contributed by atoms with Crippen molar-refractivity contribution in [1.82, 2.24) is 5.32 Å². The van der Waals surface area contributed by atoms with E-state index >= 15 is 0 Å². The third-order valence-electron chi connectivity index (χ3n) is 3.73. The van der Waals surface area contributed by atoms with Crippen LogP contribution in [0.25, 0.3) is 0 Å². The minimum absolute atomic E-state index is 0.291. The highest BCUT2D eigenvalue weighted by Crippen LogP contribution is 2.29. The lowest BCUT2D eigenvalue weighted by atomic mass is 10.1. The van der Waals surface area contributed by atoms with Crippen molar-refractivity contribution < 1.29 is 19.0 Å². The van der Waals surface area contributed by atoms with E-state index < -0.39 is 0 Å². The molecular weight excluding hydrogens is 344 g/mol. The molecule has 0 radical (unpaired) electrons. The maximum atomic E-state index is 12.4. The molecule has 2 aromatic carbocycles. The van der Waals surface area contributed by atoms with Gasteiger partial charge in [0.05, 0.1) is 37.6 Å². The standard InChI is InChI=1S/C18H21ClN2O4/c1-23-12-4-5-16(24-2)11(8-12)6-7-21-18(22)13-9-14(19)15(20)10-17(13)25-3/h4-5,8-10H,6-7,20H2,1-3H3,(H,21,22). The predicted molar refractivity (Wildman–Crippen MR) is 98.0 cm³/mol. The first kappa shape index (κ1) is 18.7. The first-order chi connectivity index (χ1) is 12.0. The average Bonchev–Trinajstić information content (AvgIpc) is 2.63. The number of ether oxygens (including phenoxy) is 3. The van der Waals surface area contributed by atoms with E-state index in [2.05, 4.69) is 5.32 Å². The second-order valence-electron chi connectivity index (χ2n) is 5.26. The Bertz CT molecular complexity index is 765. The van der Waals surface area contributed by atoms with Crippen molar-refractivity contribution >= 4 is 23.2 Å². The molecular formula is C18H21ClN2O4. The third kappa shape index (κ3) is 4.48. The summed E-state index contributed by atoms with van der Waals surface area (Å²) < 4.78 is 15.8. The number of amides is 1. The van der Waals surface area contributed by atoms with Crippen molar-refractivity contribution in [2.24, 2.45) is 0 Å². The van der Waals surface area contributed by atoms with E-state index in [1.165, 1.54) is 19.2 Å². The van der Waals surface area contributed by atoms with Gasteiger partial charge in [-0.2, -0.15) is 0 Å². The smallest absolute Gasteiger partial charge is 0.255 e. The Morgan fingerprint density at radius 3 is 2.44 bits per heavy atom. The van der Waals surface area contributed by atoms with Crippen molar-refractivity contribution in [3.05, 3.63) is 46.5 Å². The Kier molecular flexibility index (Phi) is 6.36. The summed E-state index contributed by atoms with van der Waals surface area (Å²) in [5, 5.41) is 3.15. The lowest BCUT2D eigenvalue weighted by molar-refractivity contribution is 0.0951. The van der Waals surface area contributed by atoms with Crippen molar-refractivity contribution in [1.29, 1.82) is 0 Å². The number of methoxy groups -OCH3 is 3. The summed E-state index contributed by atoms with van der Waals surface area (Å²) in [6.07, 6.45) is 0.580. The molecule has 0 unspecified atom stereocenters. The van der Waals surface area contributed by atoms with Crippen LogP contribution in [0.1, 0.15) is 15.9 Å². The molecule has 0 spiro atoms. The summed E-state index contributed by atoms with van der Waals surface area (Å²) in [6, 6.07) is 8.56. The van der Waals surface area contributed by atoms with Gasteiger partial charge in [0.15, 0.2) is 0 Å². The number of rotatable bonds is 7. The quantitative estimate of drug-likeness (QED) is 0.738. The number of halogens is 1. The monoisotopic (exact) mass is 364 g/mol. The van der Waals surface area contributed by atoms with Crippen LogP contribution in [0.4, 0.5) is 5.69 Å². The highest BCUT2D eigenvalue weighted by molar-refractivity contribution is 6.33. The fraction of sp³-hybridized carbons (Fsp3) is 0.278. The molecule has 0 saturated carbocycles. The van der Waals surface area contributed by atoms with E-state index in [0.717, 1.165) is 17.1 Å². The number of carbonyl (C=O) groups is 1. The zero-order chi connectivity index (χ0) is 18.4. The number of nitrogens with one attached hydrogen (secondary N) is 1. The van der Waals surface area contributed by atoms with Gasteiger partial charge in [0.1, 0.15) is 17.2 Å². The zero-order valence-corrected chi connectivity index (χ0v) is 15.1. The van der Waals surface area contributed by atoms with Crippen LogP contribution in [-0.4, -0.2) is 33.8 Å². The van der Waals surface area contributed by atoms with E-state index in [1.807, 2.05) is 18.2 Å². The maximum absolute atomic E-state index is 12.4. The summed E-state index contributed by atoms with van der Waals surface area (Å²) >= 11 is 6.00. The molecule has 0 heterocycles. The zero-order valence-electron chi connectivity index (χ0n) is 14.4. The van der Waals surface area contributed by atoms with Crippen LogP contribution < -0.4 is 25.3 Å². The molecule has 25 heavy (non-hydrogen) atoms. The lowest BCUT2D eigenvalue weighted by Gasteiger charge is -2.13. The van der Waals surface area contributed by atoms with Crippen LogP contribution in [0.5, 0.6) is 17.2 Å². The van der Waals surface area contributed by atoms with Gasteiger partial charge in [-0.1, -0.05) is 11.6 Å². The summed E-state index contributed by atoms with van der Waals surface area (Å²) in [6.45, 7) is 0.410. The fourth-order valence-electron chi connectivity index (χ4n) is 2.40. The molecule has 0 atom stereocenters. The molecule has 0 fully saturated rings. The van der Waals surface area contributed by atoms with Gasteiger partial charge in [0.25, 0.3) is 5.91 Å². The first-order valence-corrected chi connectivity index (χ1v) is 8.00. The summed E-state index contributed by atoms with van der Waals surface area (Å²) in [4.78, 5) is 12.4. The number of carbonyl (C=O) groups excluding carboxylic acids is 1. The summed E-state index contributed by atoms with van der Waals surface area (Å²) in [5.41, 5.74) is 7.36. The second kappa shape index (κ2) is 8.48. The largest absolute Gasteiger partial charge is 0.497 e. The number of anilines is 1. The van der Waals surface area contributed by atoms with Crippen LogP contribution in [0.3, 0.4) is 0 Å². The van der Waals surface area contributed by atoms with Crippen molar-refractivity contribution in [2.75, 3.05) is 33.6 Å². The van der Waals surface area contributed by atoms with Crippen LogP contribution in [-0.2, 0) is 6.42 Å². The van der Waals surface area contributed by atoms with Gasteiger partial charge in [-0.05, 0) is 36.2 Å². The lowest BCUT2D eigenvalue weighted by Crippen LogP contribution is -2.26. The number of hydrogen-bond acceptors (Lipinski definition) is 5. The Hall–Kier alpha value is -2.60. The second-order valence-corrected chi connectivity index (χ2v) is 5.66. The minimum Gasteiger partial charge on any atom is -0.497 e. The normalized spacial score (nSPS) is 10.2. The Morgan fingerprint density at radius 1 is 1.08 bits per heavy atom. The van der Waals surface area contributed by atoms with Gasteiger partial charge in [-0.25, -0.2) is 0 Å². The van der Waals surface area contributed by atoms with Crippen LogP contribution >= 0.6 is 11.6 Å². The molecule has 1 amide bonds. The number of benzene rings is 2. The average molecular weight is 365 g/mol. The molecule has 0 aliphatic heterocycles. The number of nitrogens with two attached hydrogens (primary N) is 1. The van der Waals surface area contributed by atoms with Crippen molar-refractivity contribution in [3.8, 4) is 17.2 Å². The van der Waals surface area contributed by atoms with Crippen LogP contribution in [0.15, 0.2) is 30.3 Å². The van der Waals surface area contributed by atoms with Crippen molar-refractivity contribution in [3.63, 3.8) is 0 Å². The predicted octanol–water partition coefficient (Wildman–Crippen LogP) is 2.92. The molecule has 2 aromatic rings. The highest BCUT2D eigenvalue weighted by Gasteiger charge is 2.15. The fourth-order valence-corrected chi connectivity index (χ4v) is 2.56. The number of nitrogen functional groups attached to an aromatic ring is 1. The van der Waals surface area contributed by atoms with Gasteiger partial charge >= 0.3 is 0 Å². The van der Waals surface area contributed by atoms with E-state index in [4.69, 9.17) is 31.5 Å². The van der Waals surface area contributed by atoms with Gasteiger partial charge in [0.2, 0.25) is 0 Å². The van der Waals surface area contributed by atoms with Gasteiger partial charge in [-0.3, -0.25) is 4.79 Å². The SMILES string of the molecule is COc1ccc(OC)c(CCNC(=O)c2cc(Cl)c(N)cc2OC)c1. The van der Waals surface area contributed by atoms with Gasteiger partial charge in [-0.15, -0.1) is 0 Å². The molecule has 7 heteroatoms. The molecule has 6 nitrogen and oxygen atoms in total. The highest BCUT2D eigenvalue weighted by atomic mass is 35.5. The Labute approximate surface area is 151 Å². The third-order valence-corrected chi connectivity index (χ3v) is 4.06. The van der Waals surface area contributed by atoms with E-state index in [0.29, 0.717) is 35.0 Å². The Balaban J connectivity index is 2.07. The maximum Gasteiger partial charge on any atom is 0.255 e. The van der Waals surface area contributed by atoms with E-state index in [-0.39, 0.29) is 5.91 Å². The van der Waals surface area contributed by atoms with Gasteiger partial charge < -0.3 is 25.3 Å². The number of hydrogen-bond donors (Lipinski definition) is 2. The van der Waals surface area contributed by atoms with Gasteiger partial charge in [0, 0.05) is 12.6 Å². The van der Waals surface area contributed by atoms with E-state index in [9.17, 15) is 4.79 Å². The summed E-state index contributed by atoms with van der Waals surface area (Å²) in [7, 11) is 4.68. The van der Waals surface area contributed by atoms with Crippen LogP contribution in [0, 0.1) is 0 Å². The van der Waals surface area contributed by atoms with E-state index in [1.54, 1.807) is 14.2 Å². The summed E-state index contributed by atoms with van der Waals surface area (Å²) in [5.74, 6) is 1.55. The molecule has 3 N–H and O–H groups in total. The Morgan fingerprint density at radius 2 is 1.80 bits per heavy atom. The van der Waals surface area contributed by atoms with Crippen molar-refractivity contribution in [2.45, 2.75) is 6.42 Å². The molecule has 0 aliphatic rings. The minimum atomic E-state index is -0.291.